The minimum Gasteiger partial charge on any atom is -0.493 e. The van der Waals surface area contributed by atoms with E-state index in [9.17, 15) is 9.59 Å². The molecule has 1 atom stereocenters. The van der Waals surface area contributed by atoms with E-state index < -0.39 is 12.0 Å². The molecule has 0 bridgehead atoms. The van der Waals surface area contributed by atoms with Crippen LogP contribution in [0.25, 0.3) is 6.08 Å². The number of fused-ring (bicyclic) bond motifs is 1. The maximum Gasteiger partial charge on any atom is 0.338 e. The minimum absolute atomic E-state index is 0.279. The van der Waals surface area contributed by atoms with Gasteiger partial charge in [-0.15, -0.1) is 0 Å². The molecule has 1 aromatic heterocycles. The molecule has 0 N–H and O–H groups in total. The third kappa shape index (κ3) is 4.07. The Morgan fingerprint density at radius 3 is 2.52 bits per heavy atom. The SMILES string of the molecule is COC(=O)C1=C(C)N=c2sc(=Cc3ccccc3Cl)c(=O)n2C1c1ccc(OC)c(OC)c1. The molecule has 1 aliphatic heterocycles. The van der Waals surface area contributed by atoms with Crippen LogP contribution in [0.3, 0.4) is 0 Å². The fourth-order valence-electron chi connectivity index (χ4n) is 3.76. The van der Waals surface area contributed by atoms with E-state index in [-0.39, 0.29) is 11.1 Å². The van der Waals surface area contributed by atoms with Crippen LogP contribution in [0.4, 0.5) is 0 Å². The van der Waals surface area contributed by atoms with E-state index in [1.54, 1.807) is 44.4 Å². The van der Waals surface area contributed by atoms with Crippen LogP contribution in [0.5, 0.6) is 11.5 Å². The molecule has 3 aromatic rings. The zero-order valence-electron chi connectivity index (χ0n) is 18.4. The quantitative estimate of drug-likeness (QED) is 0.520. The summed E-state index contributed by atoms with van der Waals surface area (Å²) >= 11 is 7.53. The molecular weight excluding hydrogens is 464 g/mol. The summed E-state index contributed by atoms with van der Waals surface area (Å²) in [5.74, 6) is 0.455. The van der Waals surface area contributed by atoms with Gasteiger partial charge in [0.25, 0.3) is 5.56 Å². The van der Waals surface area contributed by atoms with E-state index in [0.717, 1.165) is 5.56 Å². The standard InChI is InChI=1S/C24H21ClN2O5S/c1-13-20(23(29)32-4)21(15-9-10-17(30-2)18(11-15)31-3)27-22(28)19(33-24(27)26-13)12-14-7-5-6-8-16(14)25/h5-12,21H,1-4H3. The van der Waals surface area contributed by atoms with Gasteiger partial charge in [-0.25, -0.2) is 9.79 Å². The van der Waals surface area contributed by atoms with Crippen molar-refractivity contribution in [2.24, 2.45) is 4.99 Å². The average molecular weight is 485 g/mol. The van der Waals surface area contributed by atoms with Crippen LogP contribution < -0.4 is 24.4 Å². The predicted molar refractivity (Wildman–Crippen MR) is 127 cm³/mol. The van der Waals surface area contributed by atoms with Crippen molar-refractivity contribution in [3.63, 3.8) is 0 Å². The lowest BCUT2D eigenvalue weighted by atomic mass is 9.95. The first-order valence-corrected chi connectivity index (χ1v) is 11.2. The molecule has 0 aliphatic carbocycles. The Hall–Kier alpha value is -3.36. The lowest BCUT2D eigenvalue weighted by Gasteiger charge is -2.25. The highest BCUT2D eigenvalue weighted by molar-refractivity contribution is 7.07. The molecule has 0 radical (unpaired) electrons. The van der Waals surface area contributed by atoms with Gasteiger partial charge in [0.2, 0.25) is 0 Å². The number of benzene rings is 2. The van der Waals surface area contributed by atoms with E-state index in [4.69, 9.17) is 25.8 Å². The molecule has 0 fully saturated rings. The average Bonchev–Trinajstić information content (AvgIpc) is 3.13. The number of allylic oxidation sites excluding steroid dienone is 1. The molecule has 7 nitrogen and oxygen atoms in total. The summed E-state index contributed by atoms with van der Waals surface area (Å²) in [7, 11) is 4.37. The van der Waals surface area contributed by atoms with Crippen LogP contribution in [0.2, 0.25) is 5.02 Å². The summed E-state index contributed by atoms with van der Waals surface area (Å²) in [6.45, 7) is 1.73. The van der Waals surface area contributed by atoms with Gasteiger partial charge in [0.15, 0.2) is 16.3 Å². The summed E-state index contributed by atoms with van der Waals surface area (Å²) in [5, 5.41) is 0.534. The normalized spacial score (nSPS) is 15.7. The Bertz CT molecular complexity index is 1450. The van der Waals surface area contributed by atoms with Crippen molar-refractivity contribution < 1.29 is 19.0 Å². The van der Waals surface area contributed by atoms with Crippen molar-refractivity contribution in [2.45, 2.75) is 13.0 Å². The van der Waals surface area contributed by atoms with Gasteiger partial charge in [-0.05, 0) is 42.3 Å². The van der Waals surface area contributed by atoms with Crippen LogP contribution in [0.1, 0.15) is 24.1 Å². The Morgan fingerprint density at radius 2 is 1.85 bits per heavy atom. The summed E-state index contributed by atoms with van der Waals surface area (Å²) < 4.78 is 17.8. The van der Waals surface area contributed by atoms with E-state index in [1.165, 1.54) is 30.1 Å². The van der Waals surface area contributed by atoms with Crippen molar-refractivity contribution >= 4 is 35.0 Å². The largest absolute Gasteiger partial charge is 0.493 e. The number of hydrogen-bond donors (Lipinski definition) is 0. The molecular formula is C24H21ClN2O5S. The fraction of sp³-hybridized carbons (Fsp3) is 0.208. The smallest absolute Gasteiger partial charge is 0.338 e. The summed E-state index contributed by atoms with van der Waals surface area (Å²) in [6.07, 6.45) is 1.73. The van der Waals surface area contributed by atoms with Crippen LogP contribution >= 0.6 is 22.9 Å². The van der Waals surface area contributed by atoms with Crippen molar-refractivity contribution in [2.75, 3.05) is 21.3 Å². The van der Waals surface area contributed by atoms with Gasteiger partial charge >= 0.3 is 5.97 Å². The summed E-state index contributed by atoms with van der Waals surface area (Å²) in [4.78, 5) is 31.4. The maximum absolute atomic E-state index is 13.6. The highest BCUT2D eigenvalue weighted by Crippen LogP contribution is 2.35. The van der Waals surface area contributed by atoms with Crippen molar-refractivity contribution in [1.29, 1.82) is 0 Å². The lowest BCUT2D eigenvalue weighted by Crippen LogP contribution is -2.39. The molecule has 2 heterocycles. The highest BCUT2D eigenvalue weighted by atomic mass is 35.5. The molecule has 0 amide bonds. The fourth-order valence-corrected chi connectivity index (χ4v) is 4.99. The van der Waals surface area contributed by atoms with Crippen molar-refractivity contribution in [1.82, 2.24) is 4.57 Å². The van der Waals surface area contributed by atoms with Crippen LogP contribution in [-0.4, -0.2) is 31.9 Å². The molecule has 0 saturated heterocycles. The molecule has 0 saturated carbocycles. The highest BCUT2D eigenvalue weighted by Gasteiger charge is 2.33. The molecule has 33 heavy (non-hydrogen) atoms. The number of aromatic nitrogens is 1. The van der Waals surface area contributed by atoms with Gasteiger partial charge in [-0.3, -0.25) is 9.36 Å². The molecule has 1 aliphatic rings. The Kier molecular flexibility index (Phi) is 6.40. The number of carbonyl (C=O) groups is 1. The number of esters is 1. The summed E-state index contributed by atoms with van der Waals surface area (Å²) in [5.41, 5.74) is 1.85. The van der Waals surface area contributed by atoms with Gasteiger partial charge in [0, 0.05) is 5.02 Å². The number of thiazole rings is 1. The zero-order chi connectivity index (χ0) is 23.7. The number of hydrogen-bond acceptors (Lipinski definition) is 7. The third-order valence-electron chi connectivity index (χ3n) is 5.34. The first kappa shape index (κ1) is 22.8. The van der Waals surface area contributed by atoms with Crippen molar-refractivity contribution in [3.8, 4) is 11.5 Å². The number of ether oxygens (including phenoxy) is 3. The minimum atomic E-state index is -0.748. The number of carbonyl (C=O) groups excluding carboxylic acids is 1. The Balaban J connectivity index is 2.00. The molecule has 2 aromatic carbocycles. The number of halogens is 1. The van der Waals surface area contributed by atoms with E-state index >= 15 is 0 Å². The molecule has 1 unspecified atom stereocenters. The monoisotopic (exact) mass is 484 g/mol. The predicted octanol–water partition coefficient (Wildman–Crippen LogP) is 3.08. The first-order valence-electron chi connectivity index (χ1n) is 9.97. The van der Waals surface area contributed by atoms with Gasteiger partial charge in [0.1, 0.15) is 0 Å². The van der Waals surface area contributed by atoms with Gasteiger partial charge in [-0.1, -0.05) is 47.2 Å². The van der Waals surface area contributed by atoms with E-state index in [1.807, 2.05) is 18.2 Å². The second-order valence-corrected chi connectivity index (χ2v) is 8.63. The van der Waals surface area contributed by atoms with Crippen LogP contribution in [-0.2, 0) is 9.53 Å². The van der Waals surface area contributed by atoms with Crippen molar-refractivity contribution in [3.05, 3.63) is 89.6 Å². The van der Waals surface area contributed by atoms with E-state index in [2.05, 4.69) is 4.99 Å². The molecule has 9 heteroatoms. The second kappa shape index (κ2) is 9.25. The van der Waals surface area contributed by atoms with Crippen LogP contribution in [0.15, 0.2) is 63.5 Å². The van der Waals surface area contributed by atoms with E-state index in [0.29, 0.717) is 37.1 Å². The summed E-state index contributed by atoms with van der Waals surface area (Å²) in [6, 6.07) is 11.8. The second-order valence-electron chi connectivity index (χ2n) is 7.21. The third-order valence-corrected chi connectivity index (χ3v) is 6.67. The first-order chi connectivity index (χ1) is 15.9. The number of nitrogens with zero attached hydrogens (tertiary/aromatic N) is 2. The van der Waals surface area contributed by atoms with Gasteiger partial charge in [0.05, 0.1) is 43.2 Å². The lowest BCUT2D eigenvalue weighted by molar-refractivity contribution is -0.136. The molecule has 0 spiro atoms. The maximum atomic E-state index is 13.6. The number of methoxy groups -OCH3 is 3. The Labute approximate surface area is 198 Å². The zero-order valence-corrected chi connectivity index (χ0v) is 20.0. The molecule has 4 rings (SSSR count). The molecule has 170 valence electrons. The van der Waals surface area contributed by atoms with Gasteiger partial charge in [-0.2, -0.15) is 0 Å². The van der Waals surface area contributed by atoms with Gasteiger partial charge < -0.3 is 14.2 Å². The topological polar surface area (TPSA) is 79.1 Å². The Morgan fingerprint density at radius 1 is 1.12 bits per heavy atom. The van der Waals surface area contributed by atoms with Crippen LogP contribution in [0, 0.1) is 0 Å². The number of rotatable bonds is 5.